The van der Waals surface area contributed by atoms with Gasteiger partial charge in [-0.15, -0.1) is 10.2 Å². The van der Waals surface area contributed by atoms with Crippen molar-refractivity contribution in [1.29, 1.82) is 0 Å². The molecule has 0 atom stereocenters. The Morgan fingerprint density at radius 1 is 1.04 bits per heavy atom. The molecule has 0 radical (unpaired) electrons. The van der Waals surface area contributed by atoms with E-state index >= 15 is 0 Å². The molecular formula is C21H19N3O2S2. The van der Waals surface area contributed by atoms with Crippen LogP contribution in [-0.4, -0.2) is 10.2 Å². The molecule has 0 amide bonds. The van der Waals surface area contributed by atoms with Crippen LogP contribution in [0.3, 0.4) is 0 Å². The van der Waals surface area contributed by atoms with E-state index < -0.39 is 0 Å². The molecule has 0 aliphatic rings. The van der Waals surface area contributed by atoms with E-state index in [4.69, 9.17) is 4.42 Å². The quantitative estimate of drug-likeness (QED) is 0.341. The number of hydrogen-bond donors (Lipinski definition) is 1. The molecule has 1 N–H and O–H groups in total. The first-order chi connectivity index (χ1) is 13.5. The highest BCUT2D eigenvalue weighted by atomic mass is 32.2. The summed E-state index contributed by atoms with van der Waals surface area (Å²) in [7, 11) is 0. The van der Waals surface area contributed by atoms with E-state index in [1.54, 1.807) is 17.8 Å². The zero-order chi connectivity index (χ0) is 19.7. The predicted octanol–water partition coefficient (Wildman–Crippen LogP) is 5.61. The van der Waals surface area contributed by atoms with Gasteiger partial charge in [0.15, 0.2) is 4.34 Å². The van der Waals surface area contributed by atoms with E-state index in [2.05, 4.69) is 41.5 Å². The second-order valence-electron chi connectivity index (χ2n) is 6.63. The van der Waals surface area contributed by atoms with Crippen LogP contribution in [0.4, 0.5) is 10.8 Å². The van der Waals surface area contributed by atoms with Crippen molar-refractivity contribution in [2.24, 2.45) is 0 Å². The minimum atomic E-state index is -0.328. The molecular weight excluding hydrogens is 390 g/mol. The van der Waals surface area contributed by atoms with E-state index in [9.17, 15) is 4.79 Å². The van der Waals surface area contributed by atoms with Crippen molar-refractivity contribution in [3.8, 4) is 0 Å². The standard InChI is InChI=1S/C21H19N3O2S2/c1-12-6-4-5-7-17(12)22-20-23-24-21(28-20)27-11-15-10-19(25)26-18-9-14(3)13(2)8-16(15)18/h4-10H,11H2,1-3H3,(H,22,23). The molecule has 4 rings (SSSR count). The Morgan fingerprint density at radius 2 is 1.82 bits per heavy atom. The highest BCUT2D eigenvalue weighted by Gasteiger charge is 2.11. The Bertz CT molecular complexity index is 1210. The topological polar surface area (TPSA) is 68.0 Å². The number of hydrogen-bond acceptors (Lipinski definition) is 7. The molecule has 4 aromatic rings. The summed E-state index contributed by atoms with van der Waals surface area (Å²) >= 11 is 3.07. The number of aromatic nitrogens is 2. The molecule has 2 aromatic heterocycles. The van der Waals surface area contributed by atoms with Crippen LogP contribution in [0.5, 0.6) is 0 Å². The summed E-state index contributed by atoms with van der Waals surface area (Å²) in [4.78, 5) is 11.9. The summed E-state index contributed by atoms with van der Waals surface area (Å²) in [5.41, 5.74) is 5.70. The molecule has 28 heavy (non-hydrogen) atoms. The third kappa shape index (κ3) is 3.95. The maximum atomic E-state index is 11.9. The van der Waals surface area contributed by atoms with Gasteiger partial charge in [0.1, 0.15) is 5.58 Å². The van der Waals surface area contributed by atoms with Gasteiger partial charge in [-0.1, -0.05) is 41.3 Å². The lowest BCUT2D eigenvalue weighted by atomic mass is 10.0. The highest BCUT2D eigenvalue weighted by molar-refractivity contribution is 8.00. The second kappa shape index (κ2) is 7.77. The van der Waals surface area contributed by atoms with Gasteiger partial charge in [-0.05, 0) is 61.2 Å². The number of anilines is 2. The largest absolute Gasteiger partial charge is 0.423 e. The molecule has 0 aliphatic carbocycles. The van der Waals surface area contributed by atoms with Crippen molar-refractivity contribution >= 4 is 44.9 Å². The van der Waals surface area contributed by atoms with Gasteiger partial charge >= 0.3 is 5.63 Å². The summed E-state index contributed by atoms with van der Waals surface area (Å²) in [6.07, 6.45) is 0. The molecule has 2 aromatic carbocycles. The number of thioether (sulfide) groups is 1. The van der Waals surface area contributed by atoms with Crippen LogP contribution < -0.4 is 10.9 Å². The number of benzene rings is 2. The Balaban J connectivity index is 1.54. The summed E-state index contributed by atoms with van der Waals surface area (Å²) in [6.45, 7) is 6.13. The first-order valence-corrected chi connectivity index (χ1v) is 10.6. The molecule has 0 saturated heterocycles. The van der Waals surface area contributed by atoms with Crippen LogP contribution in [0, 0.1) is 20.8 Å². The first-order valence-electron chi connectivity index (χ1n) is 8.82. The monoisotopic (exact) mass is 409 g/mol. The fraction of sp³-hybridized carbons (Fsp3) is 0.190. The van der Waals surface area contributed by atoms with Crippen LogP contribution >= 0.6 is 23.1 Å². The van der Waals surface area contributed by atoms with Gasteiger partial charge in [0, 0.05) is 22.9 Å². The van der Waals surface area contributed by atoms with Gasteiger partial charge in [-0.25, -0.2) is 4.79 Å². The lowest BCUT2D eigenvalue weighted by molar-refractivity contribution is 0.559. The fourth-order valence-electron chi connectivity index (χ4n) is 2.89. The molecule has 2 heterocycles. The van der Waals surface area contributed by atoms with Crippen molar-refractivity contribution in [2.45, 2.75) is 30.9 Å². The fourth-order valence-corrected chi connectivity index (χ4v) is 4.64. The van der Waals surface area contributed by atoms with Crippen LogP contribution in [0.2, 0.25) is 0 Å². The van der Waals surface area contributed by atoms with E-state index in [1.807, 2.05) is 31.2 Å². The van der Waals surface area contributed by atoms with Crippen molar-refractivity contribution in [1.82, 2.24) is 10.2 Å². The Kier molecular flexibility index (Phi) is 5.19. The maximum Gasteiger partial charge on any atom is 0.336 e. The lowest BCUT2D eigenvalue weighted by Crippen LogP contribution is -2.00. The average molecular weight is 410 g/mol. The number of fused-ring (bicyclic) bond motifs is 1. The van der Waals surface area contributed by atoms with E-state index in [1.165, 1.54) is 16.9 Å². The third-order valence-corrected chi connectivity index (χ3v) is 6.61. The molecule has 0 bridgehead atoms. The Morgan fingerprint density at radius 3 is 2.64 bits per heavy atom. The zero-order valence-corrected chi connectivity index (χ0v) is 17.4. The summed E-state index contributed by atoms with van der Waals surface area (Å²) in [5, 5.41) is 13.5. The Labute approximate surface area is 170 Å². The summed E-state index contributed by atoms with van der Waals surface area (Å²) in [5.74, 6) is 0.629. The van der Waals surface area contributed by atoms with E-state index in [-0.39, 0.29) is 5.63 Å². The molecule has 0 unspecified atom stereocenters. The number of nitrogens with zero attached hydrogens (tertiary/aromatic N) is 2. The second-order valence-corrected chi connectivity index (χ2v) is 8.83. The first kappa shape index (κ1) is 18.7. The number of nitrogens with one attached hydrogen (secondary N) is 1. The van der Waals surface area contributed by atoms with Gasteiger partial charge in [-0.3, -0.25) is 0 Å². The summed E-state index contributed by atoms with van der Waals surface area (Å²) < 4.78 is 6.22. The van der Waals surface area contributed by atoms with Gasteiger partial charge in [0.2, 0.25) is 5.13 Å². The molecule has 142 valence electrons. The van der Waals surface area contributed by atoms with Crippen molar-refractivity contribution in [2.75, 3.05) is 5.32 Å². The smallest absolute Gasteiger partial charge is 0.336 e. The van der Waals surface area contributed by atoms with E-state index in [0.29, 0.717) is 11.3 Å². The molecule has 7 heteroatoms. The zero-order valence-electron chi connectivity index (χ0n) is 15.8. The number of aryl methyl sites for hydroxylation is 3. The van der Waals surface area contributed by atoms with Gasteiger partial charge in [0.05, 0.1) is 0 Å². The Hall–Kier alpha value is -2.64. The predicted molar refractivity (Wildman–Crippen MR) is 116 cm³/mol. The highest BCUT2D eigenvalue weighted by Crippen LogP contribution is 2.32. The van der Waals surface area contributed by atoms with Crippen LogP contribution in [0.25, 0.3) is 11.0 Å². The number of para-hydroxylation sites is 1. The normalized spacial score (nSPS) is 11.1. The summed E-state index contributed by atoms with van der Waals surface area (Å²) in [6, 6.07) is 13.6. The van der Waals surface area contributed by atoms with Gasteiger partial charge in [-0.2, -0.15) is 0 Å². The molecule has 5 nitrogen and oxygen atoms in total. The molecule has 0 fully saturated rings. The lowest BCUT2D eigenvalue weighted by Gasteiger charge is -2.07. The van der Waals surface area contributed by atoms with Gasteiger partial charge in [0.25, 0.3) is 0 Å². The van der Waals surface area contributed by atoms with Gasteiger partial charge < -0.3 is 9.73 Å². The minimum Gasteiger partial charge on any atom is -0.423 e. The average Bonchev–Trinajstić information content (AvgIpc) is 3.10. The third-order valence-electron chi connectivity index (χ3n) is 4.59. The van der Waals surface area contributed by atoms with E-state index in [0.717, 1.165) is 37.2 Å². The SMILES string of the molecule is Cc1cc2oc(=O)cc(CSc3nnc(Nc4ccccc4C)s3)c2cc1C. The van der Waals surface area contributed by atoms with Crippen LogP contribution in [0.1, 0.15) is 22.3 Å². The van der Waals surface area contributed by atoms with Crippen molar-refractivity contribution in [3.63, 3.8) is 0 Å². The van der Waals surface area contributed by atoms with Crippen LogP contribution in [-0.2, 0) is 5.75 Å². The van der Waals surface area contributed by atoms with Crippen molar-refractivity contribution < 1.29 is 4.42 Å². The minimum absolute atomic E-state index is 0.328. The maximum absolute atomic E-state index is 11.9. The molecule has 0 saturated carbocycles. The molecule has 0 spiro atoms. The molecule has 0 aliphatic heterocycles. The van der Waals surface area contributed by atoms with Crippen molar-refractivity contribution in [3.05, 3.63) is 75.1 Å². The number of rotatable bonds is 5. The van der Waals surface area contributed by atoms with Crippen LogP contribution in [0.15, 0.2) is 56.0 Å².